The zero-order valence-electron chi connectivity index (χ0n) is 19.8. The highest BCUT2D eigenvalue weighted by atomic mass is 32.1. The molecule has 0 aliphatic carbocycles. The second-order valence-electron chi connectivity index (χ2n) is 8.89. The lowest BCUT2D eigenvalue weighted by molar-refractivity contribution is -0.146. The van der Waals surface area contributed by atoms with Crippen LogP contribution in [-0.4, -0.2) is 135 Å². The first-order valence-corrected chi connectivity index (χ1v) is 12.9. The fraction of sp³-hybridized carbons (Fsp3) is 0.696. The SMILES string of the molecule is COCC(=O)N1CC(N(CCN2CCOCC2)C(=O)c2cccs2)CC1C(=O)N1CCNCC1. The van der Waals surface area contributed by atoms with Crippen LogP contribution in [0.2, 0.25) is 0 Å². The number of piperazine rings is 1. The molecule has 0 radical (unpaired) electrons. The monoisotopic (exact) mass is 493 g/mol. The molecule has 1 aromatic rings. The van der Waals surface area contributed by atoms with Gasteiger partial charge in [-0.1, -0.05) is 6.07 Å². The molecular formula is C23H35N5O5S. The van der Waals surface area contributed by atoms with Crippen LogP contribution in [0.15, 0.2) is 17.5 Å². The summed E-state index contributed by atoms with van der Waals surface area (Å²) in [5, 5.41) is 5.16. The Morgan fingerprint density at radius 3 is 2.65 bits per heavy atom. The summed E-state index contributed by atoms with van der Waals surface area (Å²) < 4.78 is 10.5. The van der Waals surface area contributed by atoms with Gasteiger partial charge in [0.2, 0.25) is 11.8 Å². The molecule has 3 amide bonds. The van der Waals surface area contributed by atoms with Crippen molar-refractivity contribution >= 4 is 29.1 Å². The van der Waals surface area contributed by atoms with E-state index in [2.05, 4.69) is 10.2 Å². The van der Waals surface area contributed by atoms with Gasteiger partial charge in [0.15, 0.2) is 0 Å². The number of nitrogens with one attached hydrogen (secondary N) is 1. The molecule has 0 bridgehead atoms. The second kappa shape index (κ2) is 12.1. The Labute approximate surface area is 204 Å². The lowest BCUT2D eigenvalue weighted by Gasteiger charge is -2.33. The molecule has 1 aromatic heterocycles. The first kappa shape index (κ1) is 25.1. The summed E-state index contributed by atoms with van der Waals surface area (Å²) in [7, 11) is 1.48. The van der Waals surface area contributed by atoms with Gasteiger partial charge in [-0.25, -0.2) is 0 Å². The van der Waals surface area contributed by atoms with Gasteiger partial charge >= 0.3 is 0 Å². The molecule has 2 atom stereocenters. The molecule has 3 aliphatic heterocycles. The van der Waals surface area contributed by atoms with E-state index >= 15 is 0 Å². The minimum Gasteiger partial charge on any atom is -0.379 e. The topological polar surface area (TPSA) is 94.7 Å². The van der Waals surface area contributed by atoms with Crippen molar-refractivity contribution in [1.82, 2.24) is 24.9 Å². The van der Waals surface area contributed by atoms with E-state index in [1.165, 1.54) is 18.4 Å². The highest BCUT2D eigenvalue weighted by Crippen LogP contribution is 2.27. The number of morpholine rings is 1. The average molecular weight is 494 g/mol. The fourth-order valence-electron chi connectivity index (χ4n) is 4.92. The maximum absolute atomic E-state index is 13.5. The first-order chi connectivity index (χ1) is 16.6. The summed E-state index contributed by atoms with van der Waals surface area (Å²) >= 11 is 1.42. The zero-order valence-corrected chi connectivity index (χ0v) is 20.6. The molecule has 1 N–H and O–H groups in total. The van der Waals surface area contributed by atoms with Crippen molar-refractivity contribution in [3.63, 3.8) is 0 Å². The Balaban J connectivity index is 1.53. The Morgan fingerprint density at radius 1 is 1.21 bits per heavy atom. The van der Waals surface area contributed by atoms with E-state index in [9.17, 15) is 14.4 Å². The van der Waals surface area contributed by atoms with Crippen molar-refractivity contribution in [3.05, 3.63) is 22.4 Å². The van der Waals surface area contributed by atoms with Crippen molar-refractivity contribution < 1.29 is 23.9 Å². The molecule has 34 heavy (non-hydrogen) atoms. The minimum absolute atomic E-state index is 0.0369. The van der Waals surface area contributed by atoms with E-state index in [-0.39, 0.29) is 30.4 Å². The summed E-state index contributed by atoms with van der Waals surface area (Å²) in [6, 6.07) is 2.90. The van der Waals surface area contributed by atoms with E-state index in [0.717, 1.165) is 32.7 Å². The van der Waals surface area contributed by atoms with Crippen LogP contribution in [-0.2, 0) is 19.1 Å². The van der Waals surface area contributed by atoms with Gasteiger partial charge in [-0.15, -0.1) is 11.3 Å². The zero-order chi connectivity index (χ0) is 23.9. The Hall–Kier alpha value is -2.05. The van der Waals surface area contributed by atoms with Gasteiger partial charge in [0.1, 0.15) is 12.6 Å². The van der Waals surface area contributed by atoms with Crippen molar-refractivity contribution in [1.29, 1.82) is 0 Å². The van der Waals surface area contributed by atoms with Gasteiger partial charge in [0.25, 0.3) is 5.91 Å². The molecule has 3 aliphatic rings. The highest BCUT2D eigenvalue weighted by molar-refractivity contribution is 7.12. The third-order valence-corrected chi connectivity index (χ3v) is 7.63. The second-order valence-corrected chi connectivity index (χ2v) is 9.84. The molecular weight excluding hydrogens is 458 g/mol. The number of hydrogen-bond donors (Lipinski definition) is 1. The predicted octanol–water partition coefficient (Wildman–Crippen LogP) is -0.430. The molecule has 4 rings (SSSR count). The number of ether oxygens (including phenoxy) is 2. The number of amides is 3. The van der Waals surface area contributed by atoms with Gasteiger partial charge in [-0.05, 0) is 17.9 Å². The van der Waals surface area contributed by atoms with Gasteiger partial charge in [-0.3, -0.25) is 19.3 Å². The molecule has 3 saturated heterocycles. The summed E-state index contributed by atoms with van der Waals surface area (Å²) in [6.45, 7) is 7.36. The Morgan fingerprint density at radius 2 is 1.97 bits per heavy atom. The maximum Gasteiger partial charge on any atom is 0.264 e. The quantitative estimate of drug-likeness (QED) is 0.525. The number of rotatable bonds is 8. The number of hydrogen-bond acceptors (Lipinski definition) is 8. The smallest absolute Gasteiger partial charge is 0.264 e. The van der Waals surface area contributed by atoms with Crippen LogP contribution in [0, 0.1) is 0 Å². The molecule has 2 unspecified atom stereocenters. The van der Waals surface area contributed by atoms with Crippen LogP contribution in [0.4, 0.5) is 0 Å². The molecule has 10 nitrogen and oxygen atoms in total. The lowest BCUT2D eigenvalue weighted by atomic mass is 10.1. The van der Waals surface area contributed by atoms with Crippen LogP contribution < -0.4 is 5.32 Å². The third kappa shape index (κ3) is 5.95. The van der Waals surface area contributed by atoms with Crippen LogP contribution in [0.1, 0.15) is 16.1 Å². The van der Waals surface area contributed by atoms with E-state index in [1.54, 1.807) is 4.90 Å². The number of nitrogens with zero attached hydrogens (tertiary/aromatic N) is 4. The van der Waals surface area contributed by atoms with Crippen LogP contribution in [0.25, 0.3) is 0 Å². The minimum atomic E-state index is -0.576. The third-order valence-electron chi connectivity index (χ3n) is 6.78. The molecule has 188 valence electrons. The molecule has 11 heteroatoms. The Kier molecular flexibility index (Phi) is 8.90. The predicted molar refractivity (Wildman–Crippen MR) is 128 cm³/mol. The molecule has 0 saturated carbocycles. The van der Waals surface area contributed by atoms with Crippen LogP contribution in [0.3, 0.4) is 0 Å². The summed E-state index contributed by atoms with van der Waals surface area (Å²) in [5.74, 6) is -0.289. The van der Waals surface area contributed by atoms with Crippen LogP contribution in [0.5, 0.6) is 0 Å². The normalized spacial score (nSPS) is 23.8. The van der Waals surface area contributed by atoms with Crippen molar-refractivity contribution in [3.8, 4) is 0 Å². The Bertz CT molecular complexity index is 826. The number of thiophene rings is 1. The summed E-state index contributed by atoms with van der Waals surface area (Å²) in [6.07, 6.45) is 0.443. The fourth-order valence-corrected chi connectivity index (χ4v) is 5.60. The molecule has 3 fully saturated rings. The lowest BCUT2D eigenvalue weighted by Crippen LogP contribution is -2.53. The van der Waals surface area contributed by atoms with Crippen LogP contribution >= 0.6 is 11.3 Å². The number of methoxy groups -OCH3 is 1. The molecule has 0 aromatic carbocycles. The number of carbonyl (C=O) groups excluding carboxylic acids is 3. The van der Waals surface area contributed by atoms with E-state index in [0.29, 0.717) is 50.7 Å². The first-order valence-electron chi connectivity index (χ1n) is 12.0. The van der Waals surface area contributed by atoms with E-state index in [4.69, 9.17) is 9.47 Å². The van der Waals surface area contributed by atoms with Gasteiger partial charge < -0.3 is 29.5 Å². The van der Waals surface area contributed by atoms with E-state index in [1.807, 2.05) is 27.3 Å². The number of likely N-dealkylation sites (tertiary alicyclic amines) is 1. The van der Waals surface area contributed by atoms with E-state index < -0.39 is 6.04 Å². The van der Waals surface area contributed by atoms with Crippen molar-refractivity contribution in [2.45, 2.75) is 18.5 Å². The molecule has 4 heterocycles. The average Bonchev–Trinajstić information content (AvgIpc) is 3.56. The van der Waals surface area contributed by atoms with Crippen molar-refractivity contribution in [2.75, 3.05) is 85.8 Å². The summed E-state index contributed by atoms with van der Waals surface area (Å²) in [5.41, 5.74) is 0. The number of carbonyl (C=O) groups is 3. The largest absolute Gasteiger partial charge is 0.379 e. The molecule has 0 spiro atoms. The maximum atomic E-state index is 13.5. The van der Waals surface area contributed by atoms with Crippen molar-refractivity contribution in [2.24, 2.45) is 0 Å². The highest BCUT2D eigenvalue weighted by Gasteiger charge is 2.44. The van der Waals surface area contributed by atoms with Gasteiger partial charge in [0, 0.05) is 66.0 Å². The van der Waals surface area contributed by atoms with Gasteiger partial charge in [-0.2, -0.15) is 0 Å². The van der Waals surface area contributed by atoms with Gasteiger partial charge in [0.05, 0.1) is 24.1 Å². The summed E-state index contributed by atoms with van der Waals surface area (Å²) in [4.78, 5) is 48.1. The standard InChI is InChI=1S/C23H35N5O5S/c1-32-17-21(29)28-16-18(15-19(28)22(30)26-6-4-24-5-7-26)27(23(31)20-3-2-14-34-20)9-8-25-10-12-33-13-11-25/h2-3,14,18-19,24H,4-13,15-17H2,1H3.